The van der Waals surface area contributed by atoms with E-state index in [0.29, 0.717) is 19.6 Å². The molecular formula is C19H35NO3. The zero-order valence-corrected chi connectivity index (χ0v) is 15.1. The monoisotopic (exact) mass is 325 g/mol. The number of rotatable bonds is 12. The Balaban J connectivity index is 2.21. The molecule has 1 fully saturated rings. The first kappa shape index (κ1) is 20.0. The van der Waals surface area contributed by atoms with E-state index in [1.807, 2.05) is 0 Å². The maximum Gasteiger partial charge on any atom is 0.328 e. The average molecular weight is 325 g/mol. The summed E-state index contributed by atoms with van der Waals surface area (Å²) < 4.78 is 5.41. The fraction of sp³-hybridized carbons (Fsp3) is 0.895. The zero-order chi connectivity index (χ0) is 16.9. The van der Waals surface area contributed by atoms with Gasteiger partial charge in [0, 0.05) is 13.0 Å². The standard InChI is InChI=1S/C19H35NO3/c1-3-5-7-8-9-11-16-23-19(22)17-13-12-15-20(17)18(21)14-10-6-4-2/h17H,3-16H2,1-2H3. The fourth-order valence-corrected chi connectivity index (χ4v) is 3.13. The van der Waals surface area contributed by atoms with Crippen molar-refractivity contribution in [1.29, 1.82) is 0 Å². The number of hydrogen-bond acceptors (Lipinski definition) is 3. The first-order valence-corrected chi connectivity index (χ1v) is 9.66. The lowest BCUT2D eigenvalue weighted by molar-refractivity contribution is -0.153. The second-order valence-corrected chi connectivity index (χ2v) is 6.64. The number of ether oxygens (including phenoxy) is 1. The minimum atomic E-state index is -0.329. The van der Waals surface area contributed by atoms with E-state index in [4.69, 9.17) is 4.74 Å². The van der Waals surface area contributed by atoms with Gasteiger partial charge in [-0.05, 0) is 25.7 Å². The molecule has 1 atom stereocenters. The third-order valence-electron chi connectivity index (χ3n) is 4.58. The summed E-state index contributed by atoms with van der Waals surface area (Å²) in [6.07, 6.45) is 12.4. The van der Waals surface area contributed by atoms with Crippen molar-refractivity contribution in [2.24, 2.45) is 0 Å². The lowest BCUT2D eigenvalue weighted by Gasteiger charge is -2.23. The molecule has 1 aliphatic heterocycles. The summed E-state index contributed by atoms with van der Waals surface area (Å²) in [5.74, 6) is -0.0719. The molecule has 0 aromatic heterocycles. The fourth-order valence-electron chi connectivity index (χ4n) is 3.13. The van der Waals surface area contributed by atoms with Crippen molar-refractivity contribution in [3.8, 4) is 0 Å². The van der Waals surface area contributed by atoms with Gasteiger partial charge in [0.15, 0.2) is 0 Å². The van der Waals surface area contributed by atoms with Gasteiger partial charge >= 0.3 is 5.97 Å². The first-order chi connectivity index (χ1) is 11.2. The smallest absolute Gasteiger partial charge is 0.328 e. The van der Waals surface area contributed by atoms with Crippen molar-refractivity contribution < 1.29 is 14.3 Å². The van der Waals surface area contributed by atoms with Crippen molar-refractivity contribution in [3.05, 3.63) is 0 Å². The zero-order valence-electron chi connectivity index (χ0n) is 15.1. The second kappa shape index (κ2) is 12.4. The Bertz CT molecular complexity index is 344. The lowest BCUT2D eigenvalue weighted by Crippen LogP contribution is -2.41. The predicted octanol–water partition coefficient (Wildman–Crippen LogP) is 4.46. The van der Waals surface area contributed by atoms with Crippen LogP contribution in [0.1, 0.15) is 90.9 Å². The van der Waals surface area contributed by atoms with Crippen molar-refractivity contribution in [2.75, 3.05) is 13.2 Å². The molecule has 0 spiro atoms. The molecular weight excluding hydrogens is 290 g/mol. The highest BCUT2D eigenvalue weighted by Gasteiger charge is 2.34. The summed E-state index contributed by atoms with van der Waals surface area (Å²) >= 11 is 0. The van der Waals surface area contributed by atoms with Gasteiger partial charge in [0.1, 0.15) is 6.04 Å². The topological polar surface area (TPSA) is 46.6 Å². The van der Waals surface area contributed by atoms with E-state index in [2.05, 4.69) is 13.8 Å². The maximum absolute atomic E-state index is 12.2. The highest BCUT2D eigenvalue weighted by molar-refractivity contribution is 5.85. The van der Waals surface area contributed by atoms with Crippen LogP contribution in [0.15, 0.2) is 0 Å². The van der Waals surface area contributed by atoms with E-state index >= 15 is 0 Å². The molecule has 1 saturated heterocycles. The minimum absolute atomic E-state index is 0.123. The van der Waals surface area contributed by atoms with Crippen LogP contribution in [0, 0.1) is 0 Å². The largest absolute Gasteiger partial charge is 0.464 e. The summed E-state index contributed by atoms with van der Waals surface area (Å²) in [5, 5.41) is 0. The Morgan fingerprint density at radius 3 is 2.35 bits per heavy atom. The van der Waals surface area contributed by atoms with Crippen molar-refractivity contribution >= 4 is 11.9 Å². The molecule has 0 aromatic carbocycles. The molecule has 134 valence electrons. The maximum atomic E-state index is 12.2. The summed E-state index contributed by atoms with van der Waals surface area (Å²) in [5.41, 5.74) is 0. The van der Waals surface area contributed by atoms with E-state index < -0.39 is 0 Å². The number of likely N-dealkylation sites (tertiary alicyclic amines) is 1. The molecule has 1 heterocycles. The van der Waals surface area contributed by atoms with Crippen LogP contribution in [0.2, 0.25) is 0 Å². The van der Waals surface area contributed by atoms with E-state index in [1.165, 1.54) is 25.7 Å². The predicted molar refractivity (Wildman–Crippen MR) is 93.2 cm³/mol. The van der Waals surface area contributed by atoms with E-state index in [1.54, 1.807) is 4.90 Å². The van der Waals surface area contributed by atoms with Crippen LogP contribution in [-0.4, -0.2) is 36.0 Å². The van der Waals surface area contributed by atoms with Crippen molar-refractivity contribution in [3.63, 3.8) is 0 Å². The van der Waals surface area contributed by atoms with Crippen LogP contribution >= 0.6 is 0 Å². The van der Waals surface area contributed by atoms with E-state index in [0.717, 1.165) is 44.9 Å². The third kappa shape index (κ3) is 7.85. The molecule has 4 nitrogen and oxygen atoms in total. The second-order valence-electron chi connectivity index (χ2n) is 6.64. The molecule has 4 heteroatoms. The number of esters is 1. The molecule has 0 N–H and O–H groups in total. The number of carbonyl (C=O) groups is 2. The van der Waals surface area contributed by atoms with E-state index in [-0.39, 0.29) is 17.9 Å². The normalized spacial score (nSPS) is 17.5. The van der Waals surface area contributed by atoms with Gasteiger partial charge in [-0.2, -0.15) is 0 Å². The Morgan fingerprint density at radius 1 is 0.957 bits per heavy atom. The molecule has 0 bridgehead atoms. The summed E-state index contributed by atoms with van der Waals surface area (Å²) in [6, 6.07) is -0.329. The van der Waals surface area contributed by atoms with Crippen LogP contribution in [0.25, 0.3) is 0 Å². The number of unbranched alkanes of at least 4 members (excludes halogenated alkanes) is 7. The number of hydrogen-bond donors (Lipinski definition) is 0. The summed E-state index contributed by atoms with van der Waals surface area (Å²) in [6.45, 7) is 5.54. The van der Waals surface area contributed by atoms with Gasteiger partial charge in [-0.1, -0.05) is 58.8 Å². The van der Waals surface area contributed by atoms with Crippen LogP contribution in [0.3, 0.4) is 0 Å². The van der Waals surface area contributed by atoms with Crippen LogP contribution in [-0.2, 0) is 14.3 Å². The van der Waals surface area contributed by atoms with Gasteiger partial charge in [-0.25, -0.2) is 4.79 Å². The van der Waals surface area contributed by atoms with Crippen LogP contribution in [0.4, 0.5) is 0 Å². The molecule has 0 aliphatic carbocycles. The lowest BCUT2D eigenvalue weighted by atomic mass is 10.1. The highest BCUT2D eigenvalue weighted by atomic mass is 16.5. The molecule has 1 unspecified atom stereocenters. The number of nitrogens with zero attached hydrogens (tertiary/aromatic N) is 1. The van der Waals surface area contributed by atoms with Gasteiger partial charge in [-0.15, -0.1) is 0 Å². The first-order valence-electron chi connectivity index (χ1n) is 9.66. The molecule has 23 heavy (non-hydrogen) atoms. The summed E-state index contributed by atoms with van der Waals surface area (Å²) in [7, 11) is 0. The molecule has 1 aliphatic rings. The third-order valence-corrected chi connectivity index (χ3v) is 4.58. The van der Waals surface area contributed by atoms with E-state index in [9.17, 15) is 9.59 Å². The SMILES string of the molecule is CCCCCCCCOC(=O)C1CCCN1C(=O)CCCCC. The molecule has 1 amide bonds. The van der Waals surface area contributed by atoms with Crippen molar-refractivity contribution in [2.45, 2.75) is 96.9 Å². The van der Waals surface area contributed by atoms with Gasteiger partial charge < -0.3 is 9.64 Å². The van der Waals surface area contributed by atoms with Gasteiger partial charge in [0.05, 0.1) is 6.61 Å². The van der Waals surface area contributed by atoms with Crippen molar-refractivity contribution in [1.82, 2.24) is 4.90 Å². The Labute approximate surface area is 141 Å². The molecule has 0 saturated carbocycles. The Morgan fingerprint density at radius 2 is 1.61 bits per heavy atom. The quantitative estimate of drug-likeness (QED) is 0.393. The van der Waals surface area contributed by atoms with Gasteiger partial charge in [-0.3, -0.25) is 4.79 Å². The molecule has 0 aromatic rings. The van der Waals surface area contributed by atoms with Crippen LogP contribution < -0.4 is 0 Å². The Hall–Kier alpha value is -1.06. The summed E-state index contributed by atoms with van der Waals surface area (Å²) in [4.78, 5) is 26.2. The minimum Gasteiger partial charge on any atom is -0.464 e. The number of amides is 1. The van der Waals surface area contributed by atoms with Gasteiger partial charge in [0.25, 0.3) is 0 Å². The van der Waals surface area contributed by atoms with Crippen LogP contribution in [0.5, 0.6) is 0 Å². The highest BCUT2D eigenvalue weighted by Crippen LogP contribution is 2.20. The van der Waals surface area contributed by atoms with Gasteiger partial charge in [0.2, 0.25) is 5.91 Å². The molecule has 0 radical (unpaired) electrons. The average Bonchev–Trinajstić information content (AvgIpc) is 3.03. The molecule has 1 rings (SSSR count). The number of carbonyl (C=O) groups excluding carboxylic acids is 2. The Kier molecular flexibility index (Phi) is 10.8.